The summed E-state index contributed by atoms with van der Waals surface area (Å²) in [5.41, 5.74) is 5.16. The minimum absolute atomic E-state index is 0. The van der Waals surface area contributed by atoms with Gasteiger partial charge >= 0.3 is 0 Å². The van der Waals surface area contributed by atoms with Crippen molar-refractivity contribution in [2.45, 2.75) is 26.2 Å². The number of aromatic nitrogens is 3. The second kappa shape index (κ2) is 11.4. The summed E-state index contributed by atoms with van der Waals surface area (Å²) in [6.45, 7) is 2.81. The molecular formula is C27H22N5O2SY-. The van der Waals surface area contributed by atoms with Crippen molar-refractivity contribution >= 4 is 39.5 Å². The van der Waals surface area contributed by atoms with Gasteiger partial charge in [0, 0.05) is 69.3 Å². The smallest absolute Gasteiger partial charge is 0.295 e. The molecule has 0 atom stereocenters. The predicted molar refractivity (Wildman–Crippen MR) is 135 cm³/mol. The predicted octanol–water partition coefficient (Wildman–Crippen LogP) is 4.83. The molecule has 1 radical (unpaired) electrons. The molecule has 4 heterocycles. The molecule has 0 spiro atoms. The number of benzene rings is 1. The van der Waals surface area contributed by atoms with Gasteiger partial charge in [-0.3, -0.25) is 14.6 Å². The van der Waals surface area contributed by atoms with Crippen LogP contribution in [0.2, 0.25) is 0 Å². The number of nitrogens with zero attached hydrogens (tertiary/aromatic N) is 4. The van der Waals surface area contributed by atoms with Gasteiger partial charge in [-0.05, 0) is 41.0 Å². The third-order valence-electron chi connectivity index (χ3n) is 6.38. The number of carbonyl (C=O) groups is 2. The van der Waals surface area contributed by atoms with Crippen LogP contribution in [-0.2, 0) is 43.9 Å². The zero-order valence-corrected chi connectivity index (χ0v) is 23.4. The molecule has 4 aromatic rings. The Kier molecular flexibility index (Phi) is 8.25. The molecule has 0 aliphatic carbocycles. The Morgan fingerprint density at radius 2 is 1.94 bits per heavy atom. The number of likely N-dealkylation sites (tertiary alicyclic amines) is 1. The number of H-pyrrole nitrogens is 1. The summed E-state index contributed by atoms with van der Waals surface area (Å²) in [5.74, 6) is -1.06. The number of carbonyl (C=O) groups excluding carboxylic acids is 2. The number of aromatic amines is 1. The Balaban J connectivity index is 0.00000304. The molecule has 0 saturated carbocycles. The number of aryl methyl sites for hydroxylation is 1. The molecule has 7 nitrogen and oxygen atoms in total. The van der Waals surface area contributed by atoms with E-state index in [-0.39, 0.29) is 32.7 Å². The summed E-state index contributed by atoms with van der Waals surface area (Å²) in [4.78, 5) is 40.2. The molecule has 177 valence electrons. The molecule has 0 bridgehead atoms. The molecule has 3 aromatic heterocycles. The molecule has 1 aliphatic rings. The van der Waals surface area contributed by atoms with Crippen LogP contribution in [-0.4, -0.2) is 44.6 Å². The van der Waals surface area contributed by atoms with E-state index in [4.69, 9.17) is 0 Å². The van der Waals surface area contributed by atoms with E-state index in [0.717, 1.165) is 22.1 Å². The maximum Gasteiger partial charge on any atom is 0.295 e. The number of nitriles is 1. The molecule has 5 rings (SSSR count). The third kappa shape index (κ3) is 4.84. The van der Waals surface area contributed by atoms with Crippen molar-refractivity contribution in [3.63, 3.8) is 0 Å². The van der Waals surface area contributed by atoms with Crippen LogP contribution in [0, 0.1) is 16.7 Å². The second-order valence-corrected chi connectivity index (χ2v) is 9.13. The molecule has 0 unspecified atom stereocenters. The number of hydrogen-bond acceptors (Lipinski definition) is 6. The van der Waals surface area contributed by atoms with Gasteiger partial charge in [0.15, 0.2) is 0 Å². The van der Waals surface area contributed by atoms with Crippen LogP contribution in [0.25, 0.3) is 27.2 Å². The summed E-state index contributed by atoms with van der Waals surface area (Å²) in [5, 5.41) is 14.1. The van der Waals surface area contributed by atoms with Gasteiger partial charge in [-0.1, -0.05) is 43.5 Å². The summed E-state index contributed by atoms with van der Waals surface area (Å²) < 4.78 is 0. The number of hydrogen-bond donors (Lipinski definition) is 1. The fourth-order valence-corrected chi connectivity index (χ4v) is 5.14. The van der Waals surface area contributed by atoms with Gasteiger partial charge in [-0.15, -0.1) is 0 Å². The quantitative estimate of drug-likeness (QED) is 0.161. The zero-order valence-electron chi connectivity index (χ0n) is 19.7. The van der Waals surface area contributed by atoms with Crippen molar-refractivity contribution < 1.29 is 42.3 Å². The fourth-order valence-electron chi connectivity index (χ4n) is 4.57. The molecule has 1 amide bonds. The van der Waals surface area contributed by atoms with Crippen molar-refractivity contribution in [3.05, 3.63) is 76.6 Å². The largest absolute Gasteiger partial charge is 0.360 e. The first-order valence-corrected chi connectivity index (χ1v) is 12.3. The number of pyridine rings is 1. The molecule has 1 fully saturated rings. The van der Waals surface area contributed by atoms with Crippen LogP contribution in [0.15, 0.2) is 54.5 Å². The van der Waals surface area contributed by atoms with Gasteiger partial charge in [0.2, 0.25) is 0 Å². The first-order chi connectivity index (χ1) is 17.1. The van der Waals surface area contributed by atoms with E-state index >= 15 is 0 Å². The summed E-state index contributed by atoms with van der Waals surface area (Å²) in [7, 11) is 0. The number of piperidine rings is 1. The normalized spacial score (nSPS) is 13.2. The number of fused-ring (bicyclic) bond motifs is 1. The molecule has 1 aromatic carbocycles. The molecular weight excluding hydrogens is 547 g/mol. The SMILES string of the molecule is CCc1cnc(-c2nc[c-]s2)c2[nH]cc(C(=O)C(=O)N3CCC(=C(C#N)c4ccccc4)CC3)c12.[Y]. The van der Waals surface area contributed by atoms with Crippen molar-refractivity contribution in [3.8, 4) is 16.8 Å². The number of allylic oxidation sites excluding steroid dienone is 1. The monoisotopic (exact) mass is 569 g/mol. The van der Waals surface area contributed by atoms with Crippen molar-refractivity contribution in [1.29, 1.82) is 5.26 Å². The third-order valence-corrected chi connectivity index (χ3v) is 7.10. The van der Waals surface area contributed by atoms with E-state index in [1.807, 2.05) is 37.3 Å². The molecule has 1 aliphatic heterocycles. The van der Waals surface area contributed by atoms with Gasteiger partial charge in [0.1, 0.15) is 0 Å². The van der Waals surface area contributed by atoms with Crippen LogP contribution in [0.4, 0.5) is 0 Å². The minimum atomic E-state index is -0.537. The molecule has 9 heteroatoms. The average molecular weight is 569 g/mol. The topological polar surface area (TPSA) is 103 Å². The van der Waals surface area contributed by atoms with E-state index in [9.17, 15) is 14.9 Å². The molecule has 1 saturated heterocycles. The molecule has 1 N–H and O–H groups in total. The fraction of sp³-hybridized carbons (Fsp3) is 0.222. The Morgan fingerprint density at radius 1 is 1.19 bits per heavy atom. The van der Waals surface area contributed by atoms with E-state index in [1.165, 1.54) is 11.3 Å². The van der Waals surface area contributed by atoms with Gasteiger partial charge < -0.3 is 26.2 Å². The van der Waals surface area contributed by atoms with E-state index < -0.39 is 11.7 Å². The van der Waals surface area contributed by atoms with Crippen molar-refractivity contribution in [2.24, 2.45) is 0 Å². The zero-order chi connectivity index (χ0) is 24.4. The summed E-state index contributed by atoms with van der Waals surface area (Å²) in [6.07, 6.45) is 6.76. The van der Waals surface area contributed by atoms with Crippen LogP contribution < -0.4 is 0 Å². The Hall–Kier alpha value is -2.99. The Labute approximate surface area is 238 Å². The minimum Gasteiger partial charge on any atom is -0.360 e. The van der Waals surface area contributed by atoms with Crippen LogP contribution in [0.5, 0.6) is 0 Å². The summed E-state index contributed by atoms with van der Waals surface area (Å²) >= 11 is 1.35. The van der Waals surface area contributed by atoms with Gasteiger partial charge in [-0.25, -0.2) is 0 Å². The number of rotatable bonds is 5. The number of nitrogens with one attached hydrogen (secondary N) is 1. The maximum atomic E-state index is 13.4. The van der Waals surface area contributed by atoms with Crippen LogP contribution >= 0.6 is 11.3 Å². The van der Waals surface area contributed by atoms with Crippen LogP contribution in [0.3, 0.4) is 0 Å². The maximum absolute atomic E-state index is 13.4. The Bertz CT molecular complexity index is 1480. The average Bonchev–Trinajstić information content (AvgIpc) is 3.60. The van der Waals surface area contributed by atoms with Crippen molar-refractivity contribution in [2.75, 3.05) is 13.1 Å². The van der Waals surface area contributed by atoms with Crippen LogP contribution in [0.1, 0.15) is 41.3 Å². The van der Waals surface area contributed by atoms with Gasteiger partial charge in [0.05, 0.1) is 22.7 Å². The molecule has 36 heavy (non-hydrogen) atoms. The number of thiazole rings is 1. The second-order valence-electron chi connectivity index (χ2n) is 8.30. The van der Waals surface area contributed by atoms with Gasteiger partial charge in [0.25, 0.3) is 11.7 Å². The Morgan fingerprint density at radius 3 is 2.58 bits per heavy atom. The van der Waals surface area contributed by atoms with Gasteiger partial charge in [-0.2, -0.15) is 10.6 Å². The standard InChI is InChI=1S/C27H22N5O2S.Y/c1-2-17-15-30-24(26-29-10-13-35-26)23-22(17)21(16-31-23)25(33)27(34)32-11-8-19(9-12-32)20(14-28)18-6-4-3-5-7-18;/h3-7,10,15-16,31H,2,8-9,11-12H2,1H3;/q-1;. The summed E-state index contributed by atoms with van der Waals surface area (Å²) in [6, 6.07) is 11.9. The van der Waals surface area contributed by atoms with E-state index in [1.54, 1.807) is 23.5 Å². The number of Topliss-reactive ketones (excluding diaryl/α,β-unsaturated/α-hetero) is 1. The number of ketones is 1. The first-order valence-electron chi connectivity index (χ1n) is 11.4. The number of amides is 1. The van der Waals surface area contributed by atoms with E-state index in [0.29, 0.717) is 59.7 Å². The van der Waals surface area contributed by atoms with Crippen molar-refractivity contribution in [1.82, 2.24) is 19.9 Å². The first kappa shape index (κ1) is 26.1. The van der Waals surface area contributed by atoms with E-state index in [2.05, 4.69) is 26.4 Å².